The van der Waals surface area contributed by atoms with Crippen molar-refractivity contribution in [1.29, 1.82) is 0 Å². The van der Waals surface area contributed by atoms with Crippen molar-refractivity contribution in [2.75, 3.05) is 27.2 Å². The van der Waals surface area contributed by atoms with Gasteiger partial charge in [0.1, 0.15) is 12.4 Å². The third kappa shape index (κ3) is 2.81. The number of ether oxygens (including phenoxy) is 1. The first-order valence-electron chi connectivity index (χ1n) is 7.88. The Balaban J connectivity index is 2.03. The van der Waals surface area contributed by atoms with E-state index in [1.807, 2.05) is 6.07 Å². The van der Waals surface area contributed by atoms with Crippen molar-refractivity contribution >= 4 is 21.8 Å². The summed E-state index contributed by atoms with van der Waals surface area (Å²) in [4.78, 5) is 5.64. The topological polar surface area (TPSA) is 28.3 Å². The van der Waals surface area contributed by atoms with Crippen LogP contribution < -0.4 is 4.74 Å². The highest BCUT2D eigenvalue weighted by atomic mass is 16.5. The number of nitrogens with zero attached hydrogens (tertiary/aromatic N) is 1. The average Bonchev–Trinajstić information content (AvgIpc) is 2.85. The summed E-state index contributed by atoms with van der Waals surface area (Å²) < 4.78 is 5.96. The number of aromatic nitrogens is 1. The van der Waals surface area contributed by atoms with Crippen molar-refractivity contribution in [3.05, 3.63) is 42.0 Å². The lowest BCUT2D eigenvalue weighted by molar-refractivity contribution is 0.263. The minimum atomic E-state index is 0.536. The molecule has 22 heavy (non-hydrogen) atoms. The third-order valence-corrected chi connectivity index (χ3v) is 4.08. The van der Waals surface area contributed by atoms with Crippen molar-refractivity contribution < 1.29 is 4.74 Å². The van der Waals surface area contributed by atoms with E-state index < -0.39 is 0 Å². The molecule has 0 fully saturated rings. The molecule has 0 atom stereocenters. The van der Waals surface area contributed by atoms with Crippen LogP contribution in [0.1, 0.15) is 25.3 Å². The maximum absolute atomic E-state index is 5.96. The minimum Gasteiger partial charge on any atom is -0.490 e. The number of fused-ring (bicyclic) bond motifs is 3. The summed E-state index contributed by atoms with van der Waals surface area (Å²) in [5.74, 6) is 1.47. The molecule has 2 aromatic carbocycles. The number of aromatic amines is 1. The Morgan fingerprint density at radius 3 is 2.64 bits per heavy atom. The molecule has 1 aromatic heterocycles. The van der Waals surface area contributed by atoms with Crippen molar-refractivity contribution in [1.82, 2.24) is 9.88 Å². The molecular formula is C19H24N2O. The lowest BCUT2D eigenvalue weighted by Crippen LogP contribution is -2.19. The summed E-state index contributed by atoms with van der Waals surface area (Å²) in [6, 6.07) is 12.9. The molecule has 0 aliphatic heterocycles. The average molecular weight is 296 g/mol. The molecule has 3 nitrogen and oxygen atoms in total. The maximum Gasteiger partial charge on any atom is 0.143 e. The number of H-pyrrole nitrogens is 1. The van der Waals surface area contributed by atoms with Crippen LogP contribution in [-0.2, 0) is 0 Å². The van der Waals surface area contributed by atoms with Crippen LogP contribution in [0, 0.1) is 0 Å². The lowest BCUT2D eigenvalue weighted by atomic mass is 10.0. The van der Waals surface area contributed by atoms with Gasteiger partial charge in [0.05, 0.1) is 5.52 Å². The smallest absolute Gasteiger partial charge is 0.143 e. The molecular weight excluding hydrogens is 272 g/mol. The van der Waals surface area contributed by atoms with Crippen LogP contribution in [0.25, 0.3) is 21.8 Å². The van der Waals surface area contributed by atoms with E-state index in [-0.39, 0.29) is 0 Å². The van der Waals surface area contributed by atoms with Crippen molar-refractivity contribution in [3.8, 4) is 5.75 Å². The molecule has 0 saturated carbocycles. The summed E-state index contributed by atoms with van der Waals surface area (Å²) in [6.07, 6.45) is 0. The van der Waals surface area contributed by atoms with Gasteiger partial charge in [-0.15, -0.1) is 0 Å². The van der Waals surface area contributed by atoms with Gasteiger partial charge in [-0.3, -0.25) is 0 Å². The molecule has 116 valence electrons. The summed E-state index contributed by atoms with van der Waals surface area (Å²) in [5, 5.41) is 2.51. The predicted molar refractivity (Wildman–Crippen MR) is 93.9 cm³/mol. The van der Waals surface area contributed by atoms with E-state index in [2.05, 4.69) is 68.2 Å². The van der Waals surface area contributed by atoms with Gasteiger partial charge in [0.2, 0.25) is 0 Å². The van der Waals surface area contributed by atoms with Crippen LogP contribution in [0.3, 0.4) is 0 Å². The third-order valence-electron chi connectivity index (χ3n) is 4.08. The predicted octanol–water partition coefficient (Wildman–Crippen LogP) is 4.38. The van der Waals surface area contributed by atoms with Crippen LogP contribution in [0.5, 0.6) is 5.75 Å². The SMILES string of the molecule is CC(C)c1ccc2[nH]c3c(OCCN(C)C)cccc3c2c1. The molecule has 0 amide bonds. The van der Waals surface area contributed by atoms with Gasteiger partial charge < -0.3 is 14.6 Å². The van der Waals surface area contributed by atoms with Crippen LogP contribution in [-0.4, -0.2) is 37.1 Å². The van der Waals surface area contributed by atoms with E-state index >= 15 is 0 Å². The number of nitrogens with one attached hydrogen (secondary N) is 1. The maximum atomic E-state index is 5.96. The Kier molecular flexibility index (Phi) is 4.08. The number of para-hydroxylation sites is 1. The van der Waals surface area contributed by atoms with Crippen molar-refractivity contribution in [3.63, 3.8) is 0 Å². The first-order valence-corrected chi connectivity index (χ1v) is 7.88. The Labute approximate surface area is 131 Å². The first kappa shape index (κ1) is 14.9. The number of hydrogen-bond acceptors (Lipinski definition) is 2. The Morgan fingerprint density at radius 1 is 1.09 bits per heavy atom. The number of likely N-dealkylation sites (N-methyl/N-ethyl adjacent to an activating group) is 1. The largest absolute Gasteiger partial charge is 0.490 e. The van der Waals surface area contributed by atoms with Gasteiger partial charge in [0.15, 0.2) is 0 Å². The Bertz CT molecular complexity index is 787. The van der Waals surface area contributed by atoms with Gasteiger partial charge in [0, 0.05) is 22.8 Å². The summed E-state index contributed by atoms with van der Waals surface area (Å²) >= 11 is 0. The van der Waals surface area contributed by atoms with E-state index in [0.717, 1.165) is 17.8 Å². The molecule has 0 saturated heterocycles. The molecule has 1 heterocycles. The molecule has 0 unspecified atom stereocenters. The molecule has 0 aliphatic rings. The monoisotopic (exact) mass is 296 g/mol. The van der Waals surface area contributed by atoms with Gasteiger partial charge in [-0.25, -0.2) is 0 Å². The zero-order chi connectivity index (χ0) is 15.7. The highest BCUT2D eigenvalue weighted by molar-refractivity contribution is 6.09. The van der Waals surface area contributed by atoms with Crippen LogP contribution >= 0.6 is 0 Å². The number of benzene rings is 2. The summed E-state index contributed by atoms with van der Waals surface area (Å²) in [7, 11) is 4.11. The normalized spacial score (nSPS) is 11.9. The van der Waals surface area contributed by atoms with E-state index in [1.165, 1.54) is 21.9 Å². The molecule has 0 spiro atoms. The lowest BCUT2D eigenvalue weighted by Gasteiger charge is -2.11. The highest BCUT2D eigenvalue weighted by Crippen LogP contribution is 2.33. The zero-order valence-electron chi connectivity index (χ0n) is 13.8. The molecule has 3 rings (SSSR count). The van der Waals surface area contributed by atoms with Gasteiger partial charge in [0.25, 0.3) is 0 Å². The number of rotatable bonds is 5. The second-order valence-electron chi connectivity index (χ2n) is 6.42. The van der Waals surface area contributed by atoms with Crippen LogP contribution in [0.4, 0.5) is 0 Å². The molecule has 0 aliphatic carbocycles. The van der Waals surface area contributed by atoms with E-state index in [9.17, 15) is 0 Å². The molecule has 0 radical (unpaired) electrons. The zero-order valence-corrected chi connectivity index (χ0v) is 13.8. The number of hydrogen-bond donors (Lipinski definition) is 1. The van der Waals surface area contributed by atoms with E-state index in [1.54, 1.807) is 0 Å². The van der Waals surface area contributed by atoms with Gasteiger partial charge >= 0.3 is 0 Å². The molecule has 0 bridgehead atoms. The standard InChI is InChI=1S/C19H24N2O/c1-13(2)14-8-9-17-16(12-14)15-6-5-7-18(19(15)20-17)22-11-10-21(3)4/h5-9,12-13,20H,10-11H2,1-4H3. The van der Waals surface area contributed by atoms with Gasteiger partial charge in [-0.1, -0.05) is 32.0 Å². The van der Waals surface area contributed by atoms with Gasteiger partial charge in [-0.05, 0) is 43.8 Å². The first-order chi connectivity index (χ1) is 10.6. The van der Waals surface area contributed by atoms with Crippen molar-refractivity contribution in [2.24, 2.45) is 0 Å². The molecule has 1 N–H and O–H groups in total. The fourth-order valence-corrected chi connectivity index (χ4v) is 2.73. The van der Waals surface area contributed by atoms with Crippen LogP contribution in [0.2, 0.25) is 0 Å². The Hall–Kier alpha value is -2.00. The second-order valence-corrected chi connectivity index (χ2v) is 6.42. The second kappa shape index (κ2) is 6.01. The molecule has 3 heteroatoms. The van der Waals surface area contributed by atoms with E-state index in [4.69, 9.17) is 4.74 Å². The minimum absolute atomic E-state index is 0.536. The fourth-order valence-electron chi connectivity index (χ4n) is 2.73. The highest BCUT2D eigenvalue weighted by Gasteiger charge is 2.10. The van der Waals surface area contributed by atoms with E-state index in [0.29, 0.717) is 12.5 Å². The van der Waals surface area contributed by atoms with Gasteiger partial charge in [-0.2, -0.15) is 0 Å². The molecule has 3 aromatic rings. The fraction of sp³-hybridized carbons (Fsp3) is 0.368. The van der Waals surface area contributed by atoms with Crippen molar-refractivity contribution in [2.45, 2.75) is 19.8 Å². The van der Waals surface area contributed by atoms with Crippen LogP contribution in [0.15, 0.2) is 36.4 Å². The summed E-state index contributed by atoms with van der Waals surface area (Å²) in [5.41, 5.74) is 3.63. The Morgan fingerprint density at radius 2 is 1.91 bits per heavy atom. The summed E-state index contributed by atoms with van der Waals surface area (Å²) in [6.45, 7) is 6.06. The quantitative estimate of drug-likeness (QED) is 0.756.